The fraction of sp³-hybridized carbons (Fsp3) is 0.176. The Morgan fingerprint density at radius 1 is 0.905 bits per heavy atom. The number of carboxylic acid groups (broad SMARTS) is 2. The molecule has 0 aliphatic carbocycles. The zero-order valence-electron chi connectivity index (χ0n) is 11.7. The smallest absolute Gasteiger partial charge is 0.336 e. The molecule has 4 heteroatoms. The van der Waals surface area contributed by atoms with Crippen LogP contribution in [0.5, 0.6) is 0 Å². The molecule has 0 bridgehead atoms. The van der Waals surface area contributed by atoms with E-state index in [0.29, 0.717) is 24.0 Å². The molecule has 2 aromatic rings. The van der Waals surface area contributed by atoms with Crippen LogP contribution in [0, 0.1) is 6.92 Å². The molecule has 0 amide bonds. The van der Waals surface area contributed by atoms with Crippen molar-refractivity contribution < 1.29 is 19.8 Å². The van der Waals surface area contributed by atoms with Gasteiger partial charge in [0.15, 0.2) is 0 Å². The summed E-state index contributed by atoms with van der Waals surface area (Å²) in [5, 5.41) is 18.4. The first-order valence-corrected chi connectivity index (χ1v) is 6.63. The van der Waals surface area contributed by atoms with Crippen molar-refractivity contribution >= 4 is 11.9 Å². The van der Waals surface area contributed by atoms with Gasteiger partial charge in [-0.05, 0) is 42.5 Å². The Balaban J connectivity index is 2.33. The van der Waals surface area contributed by atoms with Crippen LogP contribution in [0.3, 0.4) is 0 Å². The number of benzene rings is 2. The summed E-state index contributed by atoms with van der Waals surface area (Å²) >= 11 is 0. The third-order valence-electron chi connectivity index (χ3n) is 3.52. The number of aromatic carboxylic acids is 2. The highest BCUT2D eigenvalue weighted by Gasteiger charge is 2.19. The lowest BCUT2D eigenvalue weighted by molar-refractivity contribution is 0.0695. The summed E-state index contributed by atoms with van der Waals surface area (Å²) < 4.78 is 0. The van der Waals surface area contributed by atoms with Crippen LogP contribution in [0.25, 0.3) is 0 Å². The van der Waals surface area contributed by atoms with E-state index in [4.69, 9.17) is 5.11 Å². The maximum Gasteiger partial charge on any atom is 0.336 e. The minimum absolute atomic E-state index is 0.0378. The Morgan fingerprint density at radius 2 is 1.57 bits per heavy atom. The van der Waals surface area contributed by atoms with Gasteiger partial charge in [-0.15, -0.1) is 0 Å². The van der Waals surface area contributed by atoms with Crippen molar-refractivity contribution in [1.82, 2.24) is 0 Å². The van der Waals surface area contributed by atoms with Gasteiger partial charge in [-0.1, -0.05) is 36.4 Å². The van der Waals surface area contributed by atoms with E-state index in [-0.39, 0.29) is 11.1 Å². The van der Waals surface area contributed by atoms with Crippen molar-refractivity contribution in [2.24, 2.45) is 0 Å². The molecule has 0 atom stereocenters. The Hall–Kier alpha value is -2.62. The van der Waals surface area contributed by atoms with E-state index in [9.17, 15) is 14.7 Å². The van der Waals surface area contributed by atoms with Crippen molar-refractivity contribution in [3.05, 3.63) is 70.3 Å². The van der Waals surface area contributed by atoms with Gasteiger partial charge in [-0.3, -0.25) is 0 Å². The second kappa shape index (κ2) is 6.22. The molecule has 4 nitrogen and oxygen atoms in total. The van der Waals surface area contributed by atoms with Crippen LogP contribution < -0.4 is 0 Å². The molecule has 0 spiro atoms. The second-order valence-electron chi connectivity index (χ2n) is 4.87. The van der Waals surface area contributed by atoms with Crippen LogP contribution in [0.2, 0.25) is 0 Å². The Kier molecular flexibility index (Phi) is 4.38. The third-order valence-corrected chi connectivity index (χ3v) is 3.52. The van der Waals surface area contributed by atoms with Gasteiger partial charge in [0.1, 0.15) is 0 Å². The highest BCUT2D eigenvalue weighted by atomic mass is 16.4. The van der Waals surface area contributed by atoms with Gasteiger partial charge in [0, 0.05) is 0 Å². The lowest BCUT2D eigenvalue weighted by Crippen LogP contribution is -2.11. The number of rotatable bonds is 5. The Labute approximate surface area is 122 Å². The zero-order valence-corrected chi connectivity index (χ0v) is 11.7. The van der Waals surface area contributed by atoms with Gasteiger partial charge in [0.25, 0.3) is 0 Å². The van der Waals surface area contributed by atoms with Gasteiger partial charge >= 0.3 is 11.9 Å². The predicted octanol–water partition coefficient (Wildman–Crippen LogP) is 3.18. The maximum absolute atomic E-state index is 11.4. The predicted molar refractivity (Wildman–Crippen MR) is 78.9 cm³/mol. The average Bonchev–Trinajstić information content (AvgIpc) is 2.45. The van der Waals surface area contributed by atoms with Crippen molar-refractivity contribution in [3.8, 4) is 0 Å². The van der Waals surface area contributed by atoms with Gasteiger partial charge in [0.2, 0.25) is 0 Å². The molecular formula is C17H16O4. The molecule has 0 saturated heterocycles. The number of aryl methyl sites for hydroxylation is 2. The summed E-state index contributed by atoms with van der Waals surface area (Å²) in [6, 6.07) is 12.8. The topological polar surface area (TPSA) is 74.6 Å². The second-order valence-corrected chi connectivity index (χ2v) is 4.87. The molecule has 0 unspecified atom stereocenters. The van der Waals surface area contributed by atoms with E-state index in [1.54, 1.807) is 13.0 Å². The summed E-state index contributed by atoms with van der Waals surface area (Å²) in [4.78, 5) is 22.5. The van der Waals surface area contributed by atoms with E-state index in [0.717, 1.165) is 5.56 Å². The molecule has 0 aliphatic rings. The average molecular weight is 284 g/mol. The lowest BCUT2D eigenvalue weighted by Gasteiger charge is -2.11. The normalized spacial score (nSPS) is 10.3. The quantitative estimate of drug-likeness (QED) is 0.884. The highest BCUT2D eigenvalue weighted by molar-refractivity contribution is 5.97. The van der Waals surface area contributed by atoms with Gasteiger partial charge in [0.05, 0.1) is 11.1 Å². The van der Waals surface area contributed by atoms with Crippen LogP contribution in [-0.2, 0) is 12.8 Å². The largest absolute Gasteiger partial charge is 0.478 e. The zero-order chi connectivity index (χ0) is 15.4. The van der Waals surface area contributed by atoms with E-state index < -0.39 is 11.9 Å². The first-order valence-electron chi connectivity index (χ1n) is 6.63. The van der Waals surface area contributed by atoms with E-state index in [1.165, 1.54) is 6.07 Å². The van der Waals surface area contributed by atoms with Gasteiger partial charge in [-0.25, -0.2) is 9.59 Å². The van der Waals surface area contributed by atoms with Crippen molar-refractivity contribution in [1.29, 1.82) is 0 Å². The standard InChI is InChI=1S/C17H16O4/c1-11-14(16(18)19)10-9-13(15(11)17(20)21)8-7-12-5-3-2-4-6-12/h2-6,9-10H,7-8H2,1H3,(H,18,19)(H,20,21). The van der Waals surface area contributed by atoms with Crippen molar-refractivity contribution in [3.63, 3.8) is 0 Å². The number of carboxylic acids is 2. The summed E-state index contributed by atoms with van der Waals surface area (Å²) in [6.07, 6.45) is 1.28. The first-order chi connectivity index (χ1) is 10.0. The van der Waals surface area contributed by atoms with Crippen molar-refractivity contribution in [2.75, 3.05) is 0 Å². The minimum atomic E-state index is -1.11. The summed E-state index contributed by atoms with van der Waals surface area (Å²) in [5.41, 5.74) is 2.23. The molecule has 0 radical (unpaired) electrons. The maximum atomic E-state index is 11.4. The van der Waals surface area contributed by atoms with Crippen LogP contribution in [0.4, 0.5) is 0 Å². The van der Waals surface area contributed by atoms with Gasteiger partial charge < -0.3 is 10.2 Å². The number of hydrogen-bond acceptors (Lipinski definition) is 2. The van der Waals surface area contributed by atoms with E-state index >= 15 is 0 Å². The molecule has 2 N–H and O–H groups in total. The first kappa shape index (κ1) is 14.8. The lowest BCUT2D eigenvalue weighted by atomic mass is 9.93. The molecule has 0 aliphatic heterocycles. The molecule has 108 valence electrons. The summed E-state index contributed by atoms with van der Waals surface area (Å²) in [7, 11) is 0. The summed E-state index contributed by atoms with van der Waals surface area (Å²) in [6.45, 7) is 1.54. The van der Waals surface area contributed by atoms with Crippen LogP contribution in [0.15, 0.2) is 42.5 Å². The van der Waals surface area contributed by atoms with E-state index in [2.05, 4.69) is 0 Å². The molecular weight excluding hydrogens is 268 g/mol. The number of hydrogen-bond donors (Lipinski definition) is 2. The van der Waals surface area contributed by atoms with Crippen LogP contribution in [-0.4, -0.2) is 22.2 Å². The summed E-state index contributed by atoms with van der Waals surface area (Å²) in [5.74, 6) is -2.19. The van der Waals surface area contributed by atoms with Crippen molar-refractivity contribution in [2.45, 2.75) is 19.8 Å². The van der Waals surface area contributed by atoms with Crippen LogP contribution in [0.1, 0.15) is 37.4 Å². The van der Waals surface area contributed by atoms with Crippen LogP contribution >= 0.6 is 0 Å². The SMILES string of the molecule is Cc1c(C(=O)O)ccc(CCc2ccccc2)c1C(=O)O. The Bertz CT molecular complexity index is 675. The molecule has 0 fully saturated rings. The minimum Gasteiger partial charge on any atom is -0.478 e. The van der Waals surface area contributed by atoms with E-state index in [1.807, 2.05) is 30.3 Å². The van der Waals surface area contributed by atoms with Gasteiger partial charge in [-0.2, -0.15) is 0 Å². The Morgan fingerprint density at radius 3 is 2.14 bits per heavy atom. The molecule has 21 heavy (non-hydrogen) atoms. The monoisotopic (exact) mass is 284 g/mol. The highest BCUT2D eigenvalue weighted by Crippen LogP contribution is 2.21. The number of carbonyl (C=O) groups is 2. The molecule has 0 saturated carbocycles. The molecule has 0 aromatic heterocycles. The third kappa shape index (κ3) is 3.28. The molecule has 2 aromatic carbocycles. The fourth-order valence-electron chi connectivity index (χ4n) is 2.43. The fourth-order valence-corrected chi connectivity index (χ4v) is 2.43. The molecule has 2 rings (SSSR count). The molecule has 0 heterocycles.